The van der Waals surface area contributed by atoms with E-state index < -0.39 is 5.60 Å². The predicted octanol–water partition coefficient (Wildman–Crippen LogP) is 0.311. The van der Waals surface area contributed by atoms with E-state index in [1.165, 1.54) is 0 Å². The van der Waals surface area contributed by atoms with Crippen molar-refractivity contribution in [1.82, 2.24) is 9.80 Å². The van der Waals surface area contributed by atoms with Crippen molar-refractivity contribution >= 4 is 5.91 Å². The summed E-state index contributed by atoms with van der Waals surface area (Å²) < 4.78 is 0. The third-order valence-corrected chi connectivity index (χ3v) is 3.89. The van der Waals surface area contributed by atoms with E-state index in [0.29, 0.717) is 19.6 Å². The number of aliphatic hydroxyl groups is 1. The first-order chi connectivity index (χ1) is 7.51. The van der Waals surface area contributed by atoms with Crippen molar-refractivity contribution in [3.63, 3.8) is 0 Å². The summed E-state index contributed by atoms with van der Waals surface area (Å²) in [5, 5.41) is 10.1. The molecule has 0 atom stereocenters. The number of amides is 1. The molecule has 4 nitrogen and oxygen atoms in total. The Balaban J connectivity index is 1.74. The molecule has 0 saturated carbocycles. The fourth-order valence-electron chi connectivity index (χ4n) is 2.46. The Morgan fingerprint density at radius 1 is 1.31 bits per heavy atom. The first-order valence-corrected chi connectivity index (χ1v) is 6.24. The number of β-amino-alcohol motifs (C(OH)–C–C–N with tert-alkyl or cyclic N) is 1. The maximum absolute atomic E-state index is 11.8. The van der Waals surface area contributed by atoms with Gasteiger partial charge in [-0.05, 0) is 18.8 Å². The SMILES string of the molecule is CC(C)C1(O)CN(CC(=O)N2CCCC2)C1. The van der Waals surface area contributed by atoms with Crippen LogP contribution in [-0.4, -0.2) is 59.1 Å². The molecule has 2 rings (SSSR count). The first-order valence-electron chi connectivity index (χ1n) is 6.24. The van der Waals surface area contributed by atoms with E-state index in [4.69, 9.17) is 0 Å². The molecule has 0 spiro atoms. The van der Waals surface area contributed by atoms with Gasteiger partial charge in [-0.15, -0.1) is 0 Å². The summed E-state index contributed by atoms with van der Waals surface area (Å²) in [6, 6.07) is 0. The van der Waals surface area contributed by atoms with Crippen LogP contribution < -0.4 is 0 Å². The molecule has 92 valence electrons. The van der Waals surface area contributed by atoms with E-state index in [1.807, 2.05) is 23.6 Å². The molecule has 4 heteroatoms. The van der Waals surface area contributed by atoms with Crippen LogP contribution in [0.2, 0.25) is 0 Å². The Morgan fingerprint density at radius 2 is 1.88 bits per heavy atom. The van der Waals surface area contributed by atoms with E-state index in [0.717, 1.165) is 25.9 Å². The van der Waals surface area contributed by atoms with Crippen molar-refractivity contribution in [3.05, 3.63) is 0 Å². The summed E-state index contributed by atoms with van der Waals surface area (Å²) in [5.74, 6) is 0.494. The molecule has 0 bridgehead atoms. The molecule has 16 heavy (non-hydrogen) atoms. The number of nitrogens with zero attached hydrogens (tertiary/aromatic N) is 2. The lowest BCUT2D eigenvalue weighted by molar-refractivity contribution is -0.148. The van der Waals surface area contributed by atoms with Crippen LogP contribution in [0.3, 0.4) is 0 Å². The molecule has 2 aliphatic rings. The average Bonchev–Trinajstić information content (AvgIpc) is 2.67. The van der Waals surface area contributed by atoms with Gasteiger partial charge in [-0.1, -0.05) is 13.8 Å². The third kappa shape index (κ3) is 2.23. The van der Waals surface area contributed by atoms with Gasteiger partial charge in [0.1, 0.15) is 0 Å². The summed E-state index contributed by atoms with van der Waals surface area (Å²) in [4.78, 5) is 15.8. The van der Waals surface area contributed by atoms with Gasteiger partial charge in [0.25, 0.3) is 0 Å². The second-order valence-corrected chi connectivity index (χ2v) is 5.49. The van der Waals surface area contributed by atoms with Crippen molar-refractivity contribution in [2.24, 2.45) is 5.92 Å². The molecule has 2 aliphatic heterocycles. The lowest BCUT2D eigenvalue weighted by Gasteiger charge is -2.49. The number of hydrogen-bond donors (Lipinski definition) is 1. The zero-order chi connectivity index (χ0) is 11.8. The summed E-state index contributed by atoms with van der Waals surface area (Å²) in [5.41, 5.74) is -0.564. The molecule has 0 aromatic heterocycles. The van der Waals surface area contributed by atoms with Crippen LogP contribution >= 0.6 is 0 Å². The molecule has 1 N–H and O–H groups in total. The Labute approximate surface area is 97.2 Å². The van der Waals surface area contributed by atoms with Crippen LogP contribution in [0.4, 0.5) is 0 Å². The highest BCUT2D eigenvalue weighted by Gasteiger charge is 2.44. The molecule has 0 radical (unpaired) electrons. The van der Waals surface area contributed by atoms with Crippen molar-refractivity contribution in [2.75, 3.05) is 32.7 Å². The van der Waals surface area contributed by atoms with Crippen LogP contribution in [0.5, 0.6) is 0 Å². The fourth-order valence-corrected chi connectivity index (χ4v) is 2.46. The van der Waals surface area contributed by atoms with E-state index >= 15 is 0 Å². The Morgan fingerprint density at radius 3 is 2.38 bits per heavy atom. The van der Waals surface area contributed by atoms with Crippen molar-refractivity contribution in [2.45, 2.75) is 32.3 Å². The van der Waals surface area contributed by atoms with Crippen LogP contribution in [0.1, 0.15) is 26.7 Å². The normalized spacial score (nSPS) is 24.9. The molecule has 2 heterocycles. The zero-order valence-corrected chi connectivity index (χ0v) is 10.3. The van der Waals surface area contributed by atoms with Gasteiger partial charge >= 0.3 is 0 Å². The summed E-state index contributed by atoms with van der Waals surface area (Å²) in [6.45, 7) is 7.66. The molecule has 0 unspecified atom stereocenters. The summed E-state index contributed by atoms with van der Waals surface area (Å²) in [7, 11) is 0. The molecule has 2 fully saturated rings. The predicted molar refractivity (Wildman–Crippen MR) is 62.0 cm³/mol. The van der Waals surface area contributed by atoms with E-state index in [1.54, 1.807) is 0 Å². The number of likely N-dealkylation sites (tertiary alicyclic amines) is 2. The third-order valence-electron chi connectivity index (χ3n) is 3.89. The van der Waals surface area contributed by atoms with Crippen molar-refractivity contribution in [1.29, 1.82) is 0 Å². The fraction of sp³-hybridized carbons (Fsp3) is 0.917. The molecule has 0 aromatic carbocycles. The van der Waals surface area contributed by atoms with Crippen molar-refractivity contribution in [3.8, 4) is 0 Å². The molecule has 0 aliphatic carbocycles. The minimum absolute atomic E-state index is 0.225. The average molecular weight is 226 g/mol. The van der Waals surface area contributed by atoms with Crippen LogP contribution in [0.25, 0.3) is 0 Å². The van der Waals surface area contributed by atoms with Crippen LogP contribution in [-0.2, 0) is 4.79 Å². The van der Waals surface area contributed by atoms with Gasteiger partial charge in [0.05, 0.1) is 12.1 Å². The number of hydrogen-bond acceptors (Lipinski definition) is 3. The van der Waals surface area contributed by atoms with Gasteiger partial charge in [-0.3, -0.25) is 9.69 Å². The summed E-state index contributed by atoms with van der Waals surface area (Å²) >= 11 is 0. The number of rotatable bonds is 3. The highest BCUT2D eigenvalue weighted by molar-refractivity contribution is 5.78. The van der Waals surface area contributed by atoms with E-state index in [-0.39, 0.29) is 11.8 Å². The van der Waals surface area contributed by atoms with E-state index in [2.05, 4.69) is 0 Å². The van der Waals surface area contributed by atoms with Gasteiger partial charge in [-0.25, -0.2) is 0 Å². The second-order valence-electron chi connectivity index (χ2n) is 5.49. The first kappa shape index (κ1) is 11.9. The van der Waals surface area contributed by atoms with Gasteiger partial charge in [0, 0.05) is 26.2 Å². The monoisotopic (exact) mass is 226 g/mol. The molecular formula is C12H22N2O2. The van der Waals surface area contributed by atoms with Crippen LogP contribution in [0.15, 0.2) is 0 Å². The topological polar surface area (TPSA) is 43.8 Å². The maximum Gasteiger partial charge on any atom is 0.236 e. The van der Waals surface area contributed by atoms with Gasteiger partial charge in [0.15, 0.2) is 0 Å². The maximum atomic E-state index is 11.8. The van der Waals surface area contributed by atoms with Crippen LogP contribution in [0, 0.1) is 5.92 Å². The standard InChI is InChI=1S/C12H22N2O2/c1-10(2)12(16)8-13(9-12)7-11(15)14-5-3-4-6-14/h10,16H,3-9H2,1-2H3. The lowest BCUT2D eigenvalue weighted by atomic mass is 9.83. The number of carbonyl (C=O) groups excluding carboxylic acids is 1. The summed E-state index contributed by atoms with van der Waals surface area (Å²) in [6.07, 6.45) is 2.28. The zero-order valence-electron chi connectivity index (χ0n) is 10.3. The lowest BCUT2D eigenvalue weighted by Crippen LogP contribution is -2.65. The minimum Gasteiger partial charge on any atom is -0.387 e. The second kappa shape index (κ2) is 4.34. The molecule has 2 saturated heterocycles. The highest BCUT2D eigenvalue weighted by atomic mass is 16.3. The molecular weight excluding hydrogens is 204 g/mol. The number of carbonyl (C=O) groups is 1. The van der Waals surface area contributed by atoms with E-state index in [9.17, 15) is 9.90 Å². The minimum atomic E-state index is -0.564. The van der Waals surface area contributed by atoms with Gasteiger partial charge in [0.2, 0.25) is 5.91 Å². The van der Waals surface area contributed by atoms with Gasteiger partial charge < -0.3 is 10.0 Å². The van der Waals surface area contributed by atoms with Crippen molar-refractivity contribution < 1.29 is 9.90 Å². The quantitative estimate of drug-likeness (QED) is 0.753. The molecule has 0 aromatic rings. The largest absolute Gasteiger partial charge is 0.387 e. The molecule has 1 amide bonds. The Bertz CT molecular complexity index is 266. The Hall–Kier alpha value is -0.610. The van der Waals surface area contributed by atoms with Gasteiger partial charge in [-0.2, -0.15) is 0 Å². The smallest absolute Gasteiger partial charge is 0.236 e. The Kier molecular flexibility index (Phi) is 3.22. The highest BCUT2D eigenvalue weighted by Crippen LogP contribution is 2.28.